The number of fused-ring (bicyclic) bond motifs is 1. The van der Waals surface area contributed by atoms with Crippen molar-refractivity contribution < 1.29 is 14.3 Å². The average molecular weight is 244 g/mol. The lowest BCUT2D eigenvalue weighted by Gasteiger charge is -2.11. The molecule has 0 amide bonds. The zero-order valence-electron chi connectivity index (χ0n) is 10.6. The molecule has 3 nitrogen and oxygen atoms in total. The molecule has 0 radical (unpaired) electrons. The minimum atomic E-state index is 0.531. The summed E-state index contributed by atoms with van der Waals surface area (Å²) in [7, 11) is 0. The van der Waals surface area contributed by atoms with E-state index in [9.17, 15) is 4.79 Å². The van der Waals surface area contributed by atoms with Gasteiger partial charge in [-0.05, 0) is 37.4 Å². The van der Waals surface area contributed by atoms with E-state index in [2.05, 4.69) is 0 Å². The maximum Gasteiger partial charge on any atom is 0.153 e. The molecule has 0 fully saturated rings. The van der Waals surface area contributed by atoms with Crippen LogP contribution in [0.25, 0.3) is 10.8 Å². The van der Waals surface area contributed by atoms with E-state index < -0.39 is 0 Å². The van der Waals surface area contributed by atoms with Crippen molar-refractivity contribution in [1.82, 2.24) is 0 Å². The molecule has 0 saturated carbocycles. The van der Waals surface area contributed by atoms with Gasteiger partial charge in [-0.3, -0.25) is 4.79 Å². The Morgan fingerprint density at radius 2 is 1.78 bits per heavy atom. The van der Waals surface area contributed by atoms with E-state index in [4.69, 9.17) is 9.47 Å². The van der Waals surface area contributed by atoms with Crippen LogP contribution in [0.2, 0.25) is 0 Å². The van der Waals surface area contributed by atoms with Gasteiger partial charge in [0.1, 0.15) is 11.5 Å². The van der Waals surface area contributed by atoms with Gasteiger partial charge in [0.25, 0.3) is 0 Å². The van der Waals surface area contributed by atoms with Crippen LogP contribution in [0.15, 0.2) is 30.3 Å². The molecular weight excluding hydrogens is 228 g/mol. The Bertz CT molecular complexity index is 561. The van der Waals surface area contributed by atoms with Gasteiger partial charge in [-0.2, -0.15) is 0 Å². The van der Waals surface area contributed by atoms with Gasteiger partial charge in [-0.1, -0.05) is 12.1 Å². The van der Waals surface area contributed by atoms with Gasteiger partial charge in [0, 0.05) is 5.39 Å². The second-order valence-corrected chi connectivity index (χ2v) is 3.85. The van der Waals surface area contributed by atoms with Crippen molar-refractivity contribution in [3.8, 4) is 11.5 Å². The number of ether oxygens (including phenoxy) is 2. The van der Waals surface area contributed by atoms with Gasteiger partial charge < -0.3 is 9.47 Å². The molecule has 0 aliphatic carbocycles. The second-order valence-electron chi connectivity index (χ2n) is 3.85. The first-order valence-electron chi connectivity index (χ1n) is 6.07. The molecular formula is C15H16O3. The summed E-state index contributed by atoms with van der Waals surface area (Å²) >= 11 is 0. The van der Waals surface area contributed by atoms with E-state index in [1.165, 1.54) is 0 Å². The van der Waals surface area contributed by atoms with Crippen LogP contribution in [0, 0.1) is 0 Å². The minimum absolute atomic E-state index is 0.531. The van der Waals surface area contributed by atoms with Crippen LogP contribution >= 0.6 is 0 Å². The lowest BCUT2D eigenvalue weighted by molar-refractivity contribution is 0.112. The number of rotatable bonds is 5. The normalized spacial score (nSPS) is 10.3. The molecule has 94 valence electrons. The lowest BCUT2D eigenvalue weighted by Crippen LogP contribution is -1.97. The van der Waals surface area contributed by atoms with E-state index in [1.54, 1.807) is 0 Å². The number of benzene rings is 2. The molecule has 0 saturated heterocycles. The lowest BCUT2D eigenvalue weighted by atomic mass is 10.1. The monoisotopic (exact) mass is 244 g/mol. The zero-order chi connectivity index (χ0) is 13.0. The summed E-state index contributed by atoms with van der Waals surface area (Å²) in [6, 6.07) is 9.49. The first-order chi connectivity index (χ1) is 8.80. The van der Waals surface area contributed by atoms with Crippen LogP contribution in [-0.2, 0) is 0 Å². The Morgan fingerprint density at radius 1 is 1.06 bits per heavy atom. The standard InChI is InChI=1S/C15H16O3/c1-3-17-14-7-5-6-11-8-12(10-16)15(18-4-2)9-13(11)14/h5-10H,3-4H2,1-2H3. The number of carbonyl (C=O) groups is 1. The third kappa shape index (κ3) is 2.30. The second kappa shape index (κ2) is 5.54. The molecule has 3 heteroatoms. The van der Waals surface area contributed by atoms with Crippen LogP contribution in [-0.4, -0.2) is 19.5 Å². The number of carbonyl (C=O) groups excluding carboxylic acids is 1. The Morgan fingerprint density at radius 3 is 2.44 bits per heavy atom. The highest BCUT2D eigenvalue weighted by Gasteiger charge is 2.08. The van der Waals surface area contributed by atoms with Gasteiger partial charge in [-0.15, -0.1) is 0 Å². The smallest absolute Gasteiger partial charge is 0.153 e. The average Bonchev–Trinajstić information content (AvgIpc) is 2.39. The van der Waals surface area contributed by atoms with Gasteiger partial charge in [0.05, 0.1) is 18.8 Å². The van der Waals surface area contributed by atoms with Crippen LogP contribution in [0.1, 0.15) is 24.2 Å². The molecule has 0 aliphatic heterocycles. The highest BCUT2D eigenvalue weighted by atomic mass is 16.5. The maximum atomic E-state index is 11.0. The van der Waals surface area contributed by atoms with Crippen LogP contribution in [0.4, 0.5) is 0 Å². The molecule has 0 heterocycles. The number of hydrogen-bond donors (Lipinski definition) is 0. The summed E-state index contributed by atoms with van der Waals surface area (Å²) in [6.45, 7) is 4.98. The van der Waals surface area contributed by atoms with E-state index in [0.717, 1.165) is 22.8 Å². The summed E-state index contributed by atoms with van der Waals surface area (Å²) in [5.41, 5.74) is 0.568. The number of aldehydes is 1. The van der Waals surface area contributed by atoms with E-state index in [-0.39, 0.29) is 0 Å². The molecule has 0 aromatic heterocycles. The largest absolute Gasteiger partial charge is 0.493 e. The molecule has 18 heavy (non-hydrogen) atoms. The first-order valence-corrected chi connectivity index (χ1v) is 6.07. The summed E-state index contributed by atoms with van der Waals surface area (Å²) in [4.78, 5) is 11.0. The van der Waals surface area contributed by atoms with Gasteiger partial charge in [0.2, 0.25) is 0 Å². The molecule has 2 aromatic carbocycles. The predicted octanol–water partition coefficient (Wildman–Crippen LogP) is 3.45. The van der Waals surface area contributed by atoms with E-state index in [1.807, 2.05) is 44.2 Å². The number of hydrogen-bond acceptors (Lipinski definition) is 3. The third-order valence-electron chi connectivity index (χ3n) is 2.70. The van der Waals surface area contributed by atoms with Gasteiger partial charge in [-0.25, -0.2) is 0 Å². The molecule has 0 atom stereocenters. The molecule has 0 bridgehead atoms. The topological polar surface area (TPSA) is 35.5 Å². The Hall–Kier alpha value is -2.03. The van der Waals surface area contributed by atoms with Crippen molar-refractivity contribution in [3.05, 3.63) is 35.9 Å². The zero-order valence-corrected chi connectivity index (χ0v) is 10.6. The highest BCUT2D eigenvalue weighted by Crippen LogP contribution is 2.31. The summed E-state index contributed by atoms with van der Waals surface area (Å²) in [5.74, 6) is 1.42. The highest BCUT2D eigenvalue weighted by molar-refractivity contribution is 5.95. The van der Waals surface area contributed by atoms with Crippen LogP contribution in [0.5, 0.6) is 11.5 Å². The first kappa shape index (κ1) is 12.4. The molecule has 0 N–H and O–H groups in total. The fourth-order valence-corrected chi connectivity index (χ4v) is 1.95. The van der Waals surface area contributed by atoms with Gasteiger partial charge >= 0.3 is 0 Å². The van der Waals surface area contributed by atoms with Crippen LogP contribution < -0.4 is 9.47 Å². The van der Waals surface area contributed by atoms with E-state index >= 15 is 0 Å². The molecule has 0 spiro atoms. The fourth-order valence-electron chi connectivity index (χ4n) is 1.95. The SMILES string of the molecule is CCOc1cc2c(OCC)cccc2cc1C=O. The maximum absolute atomic E-state index is 11.0. The van der Waals surface area contributed by atoms with Crippen LogP contribution in [0.3, 0.4) is 0 Å². The molecule has 0 aliphatic rings. The van der Waals surface area contributed by atoms with E-state index in [0.29, 0.717) is 24.5 Å². The van der Waals surface area contributed by atoms with Crippen molar-refractivity contribution >= 4 is 17.1 Å². The molecule has 2 aromatic rings. The summed E-state index contributed by atoms with van der Waals surface area (Å²) in [5, 5.41) is 1.94. The van der Waals surface area contributed by atoms with Crippen molar-refractivity contribution in [3.63, 3.8) is 0 Å². The molecule has 0 unspecified atom stereocenters. The fraction of sp³-hybridized carbons (Fsp3) is 0.267. The quantitative estimate of drug-likeness (QED) is 0.756. The third-order valence-corrected chi connectivity index (χ3v) is 2.70. The Kier molecular flexibility index (Phi) is 3.82. The van der Waals surface area contributed by atoms with Gasteiger partial charge in [0.15, 0.2) is 6.29 Å². The van der Waals surface area contributed by atoms with Crippen molar-refractivity contribution in [1.29, 1.82) is 0 Å². The molecule has 2 rings (SSSR count). The Labute approximate surface area is 106 Å². The predicted molar refractivity (Wildman–Crippen MR) is 71.7 cm³/mol. The summed E-state index contributed by atoms with van der Waals surface area (Å²) in [6.07, 6.45) is 0.817. The minimum Gasteiger partial charge on any atom is -0.493 e. The Balaban J connectivity index is 2.63. The van der Waals surface area contributed by atoms with Crippen molar-refractivity contribution in [2.45, 2.75) is 13.8 Å². The van der Waals surface area contributed by atoms with Crippen molar-refractivity contribution in [2.24, 2.45) is 0 Å². The summed E-state index contributed by atoms with van der Waals surface area (Å²) < 4.78 is 11.1. The van der Waals surface area contributed by atoms with Crippen molar-refractivity contribution in [2.75, 3.05) is 13.2 Å².